The number of hydrogen-bond donors (Lipinski definition) is 4. The molecular formula is C13H19FN6O3. The van der Waals surface area contributed by atoms with Crippen LogP contribution in [0.3, 0.4) is 0 Å². The van der Waals surface area contributed by atoms with Gasteiger partial charge in [-0.1, -0.05) is 0 Å². The molecule has 3 heterocycles. The SMILES string of the molecule is NCCCc1nc(N)c2ncn([C@@H]3O[C@H](CO)[C@@H](F)[C@H]3O)c2n1. The molecule has 1 aliphatic heterocycles. The van der Waals surface area contributed by atoms with Gasteiger partial charge in [0.05, 0.1) is 12.9 Å². The van der Waals surface area contributed by atoms with Crippen LogP contribution in [-0.4, -0.2) is 61.3 Å². The van der Waals surface area contributed by atoms with Gasteiger partial charge in [-0.3, -0.25) is 4.57 Å². The largest absolute Gasteiger partial charge is 0.394 e. The van der Waals surface area contributed by atoms with Gasteiger partial charge in [0.2, 0.25) is 0 Å². The fraction of sp³-hybridized carbons (Fsp3) is 0.615. The number of nitrogens with two attached hydrogens (primary N) is 2. The van der Waals surface area contributed by atoms with Crippen LogP contribution in [0.15, 0.2) is 6.33 Å². The van der Waals surface area contributed by atoms with Crippen molar-refractivity contribution < 1.29 is 19.3 Å². The zero-order chi connectivity index (χ0) is 16.6. The van der Waals surface area contributed by atoms with Crippen LogP contribution in [0.25, 0.3) is 11.2 Å². The topological polar surface area (TPSA) is 145 Å². The molecule has 0 radical (unpaired) electrons. The van der Waals surface area contributed by atoms with Gasteiger partial charge in [0.1, 0.15) is 23.5 Å². The van der Waals surface area contributed by atoms with Gasteiger partial charge in [-0.15, -0.1) is 0 Å². The zero-order valence-corrected chi connectivity index (χ0v) is 12.3. The second-order valence-corrected chi connectivity index (χ2v) is 5.42. The van der Waals surface area contributed by atoms with E-state index in [9.17, 15) is 9.50 Å². The highest BCUT2D eigenvalue weighted by molar-refractivity contribution is 5.81. The smallest absolute Gasteiger partial charge is 0.167 e. The van der Waals surface area contributed by atoms with Crippen molar-refractivity contribution in [3.8, 4) is 0 Å². The molecule has 0 spiro atoms. The van der Waals surface area contributed by atoms with Gasteiger partial charge in [-0.25, -0.2) is 19.3 Å². The quantitative estimate of drug-likeness (QED) is 0.541. The summed E-state index contributed by atoms with van der Waals surface area (Å²) in [4.78, 5) is 12.6. The number of ether oxygens (including phenoxy) is 1. The average Bonchev–Trinajstić information content (AvgIpc) is 3.08. The van der Waals surface area contributed by atoms with Crippen LogP contribution in [-0.2, 0) is 11.2 Å². The monoisotopic (exact) mass is 326 g/mol. The number of alkyl halides is 1. The minimum atomic E-state index is -1.70. The fourth-order valence-corrected chi connectivity index (χ4v) is 2.63. The highest BCUT2D eigenvalue weighted by Crippen LogP contribution is 2.33. The van der Waals surface area contributed by atoms with E-state index >= 15 is 0 Å². The number of anilines is 1. The first-order valence-electron chi connectivity index (χ1n) is 7.34. The summed E-state index contributed by atoms with van der Waals surface area (Å²) in [6.45, 7) is -0.0348. The minimum Gasteiger partial charge on any atom is -0.394 e. The van der Waals surface area contributed by atoms with Gasteiger partial charge in [-0.2, -0.15) is 0 Å². The predicted molar refractivity (Wildman–Crippen MR) is 79.0 cm³/mol. The number of aryl methyl sites for hydroxylation is 1. The van der Waals surface area contributed by atoms with E-state index in [0.717, 1.165) is 0 Å². The third kappa shape index (κ3) is 2.74. The molecule has 9 nitrogen and oxygen atoms in total. The Morgan fingerprint density at radius 3 is 2.83 bits per heavy atom. The van der Waals surface area contributed by atoms with Crippen LogP contribution in [0.1, 0.15) is 18.5 Å². The van der Waals surface area contributed by atoms with Crippen molar-refractivity contribution >= 4 is 17.0 Å². The van der Waals surface area contributed by atoms with Gasteiger partial charge < -0.3 is 26.4 Å². The van der Waals surface area contributed by atoms with E-state index in [0.29, 0.717) is 36.4 Å². The molecule has 4 atom stereocenters. The maximum Gasteiger partial charge on any atom is 0.167 e. The maximum absolute atomic E-state index is 13.9. The number of nitrogens with zero attached hydrogens (tertiary/aromatic N) is 4. The Morgan fingerprint density at radius 2 is 2.17 bits per heavy atom. The summed E-state index contributed by atoms with van der Waals surface area (Å²) in [5.74, 6) is 0.689. The van der Waals surface area contributed by atoms with Crippen LogP contribution < -0.4 is 11.5 Å². The molecule has 23 heavy (non-hydrogen) atoms. The predicted octanol–water partition coefficient (Wildman–Crippen LogP) is -1.11. The van der Waals surface area contributed by atoms with E-state index in [-0.39, 0.29) is 5.82 Å². The Labute approximate surface area is 131 Å². The molecule has 0 unspecified atom stereocenters. The molecule has 0 amide bonds. The Kier molecular flexibility index (Phi) is 4.39. The van der Waals surface area contributed by atoms with Crippen LogP contribution in [0.2, 0.25) is 0 Å². The van der Waals surface area contributed by atoms with Crippen molar-refractivity contribution in [1.29, 1.82) is 0 Å². The van der Waals surface area contributed by atoms with E-state index in [1.165, 1.54) is 10.9 Å². The first kappa shape index (κ1) is 16.0. The standard InChI is InChI=1S/C13H19FN6O3/c14-8-6(4-21)23-13(10(8)22)20-5-17-9-11(16)18-7(2-1-3-15)19-12(9)20/h5-6,8,10,13,21-22H,1-4,15H2,(H2,16,18,19)/t6-,8-,10-,13-/m1/s1. The van der Waals surface area contributed by atoms with Crippen molar-refractivity contribution in [3.05, 3.63) is 12.2 Å². The van der Waals surface area contributed by atoms with Crippen molar-refractivity contribution in [1.82, 2.24) is 19.5 Å². The van der Waals surface area contributed by atoms with Gasteiger partial charge in [-0.05, 0) is 13.0 Å². The van der Waals surface area contributed by atoms with Crippen molar-refractivity contribution in [2.24, 2.45) is 5.73 Å². The third-order valence-corrected chi connectivity index (χ3v) is 3.84. The molecule has 6 N–H and O–H groups in total. The van der Waals surface area contributed by atoms with E-state index in [2.05, 4.69) is 15.0 Å². The normalized spacial score (nSPS) is 27.8. The number of nitrogen functional groups attached to an aromatic ring is 1. The van der Waals surface area contributed by atoms with E-state index in [1.807, 2.05) is 0 Å². The maximum atomic E-state index is 13.9. The number of fused-ring (bicyclic) bond motifs is 1. The van der Waals surface area contributed by atoms with Crippen molar-refractivity contribution in [3.63, 3.8) is 0 Å². The molecule has 10 heteroatoms. The highest BCUT2D eigenvalue weighted by atomic mass is 19.1. The summed E-state index contributed by atoms with van der Waals surface area (Å²) >= 11 is 0. The molecule has 0 saturated carbocycles. The van der Waals surface area contributed by atoms with Crippen LogP contribution in [0.5, 0.6) is 0 Å². The number of aromatic nitrogens is 4. The average molecular weight is 326 g/mol. The van der Waals surface area contributed by atoms with Crippen molar-refractivity contribution in [2.45, 2.75) is 37.4 Å². The van der Waals surface area contributed by atoms with Crippen LogP contribution in [0, 0.1) is 0 Å². The van der Waals surface area contributed by atoms with Gasteiger partial charge in [0.25, 0.3) is 0 Å². The number of rotatable bonds is 5. The number of imidazole rings is 1. The molecule has 1 saturated heterocycles. The molecule has 2 aromatic heterocycles. The van der Waals surface area contributed by atoms with E-state index < -0.39 is 31.2 Å². The summed E-state index contributed by atoms with van der Waals surface area (Å²) in [6.07, 6.45) is -2.66. The zero-order valence-electron chi connectivity index (χ0n) is 12.3. The Balaban J connectivity index is 1.99. The first-order valence-corrected chi connectivity index (χ1v) is 7.34. The lowest BCUT2D eigenvalue weighted by Crippen LogP contribution is -2.29. The second kappa shape index (κ2) is 6.32. The fourth-order valence-electron chi connectivity index (χ4n) is 2.63. The lowest BCUT2D eigenvalue weighted by molar-refractivity contribution is -0.0495. The number of aliphatic hydroxyl groups is 2. The molecule has 126 valence electrons. The number of halogens is 1. The summed E-state index contributed by atoms with van der Waals surface area (Å²) < 4.78 is 20.7. The molecule has 0 bridgehead atoms. The number of aliphatic hydroxyl groups excluding tert-OH is 2. The summed E-state index contributed by atoms with van der Waals surface area (Å²) in [5.41, 5.74) is 12.1. The molecule has 0 aromatic carbocycles. The Bertz CT molecular complexity index is 696. The Morgan fingerprint density at radius 1 is 1.39 bits per heavy atom. The lowest BCUT2D eigenvalue weighted by atomic mass is 10.1. The molecule has 2 aromatic rings. The molecular weight excluding hydrogens is 307 g/mol. The van der Waals surface area contributed by atoms with Gasteiger partial charge in [0, 0.05) is 6.42 Å². The third-order valence-electron chi connectivity index (χ3n) is 3.84. The lowest BCUT2D eigenvalue weighted by Gasteiger charge is -2.16. The molecule has 1 fully saturated rings. The molecule has 1 aliphatic rings. The van der Waals surface area contributed by atoms with Gasteiger partial charge >= 0.3 is 0 Å². The summed E-state index contributed by atoms with van der Waals surface area (Å²) in [6, 6.07) is 0. The summed E-state index contributed by atoms with van der Waals surface area (Å²) in [7, 11) is 0. The highest BCUT2D eigenvalue weighted by Gasteiger charge is 2.45. The molecule has 3 rings (SSSR count). The van der Waals surface area contributed by atoms with Gasteiger partial charge in [0.15, 0.2) is 23.9 Å². The second-order valence-electron chi connectivity index (χ2n) is 5.42. The number of hydrogen-bond acceptors (Lipinski definition) is 8. The summed E-state index contributed by atoms with van der Waals surface area (Å²) in [5, 5.41) is 19.1. The van der Waals surface area contributed by atoms with E-state index in [1.54, 1.807) is 0 Å². The van der Waals surface area contributed by atoms with E-state index in [4.69, 9.17) is 21.3 Å². The Hall–Kier alpha value is -1.88. The van der Waals surface area contributed by atoms with Crippen LogP contribution in [0.4, 0.5) is 10.2 Å². The molecule has 0 aliphatic carbocycles. The van der Waals surface area contributed by atoms with Crippen molar-refractivity contribution in [2.75, 3.05) is 18.9 Å². The van der Waals surface area contributed by atoms with Crippen LogP contribution >= 0.6 is 0 Å². The minimum absolute atomic E-state index is 0.198. The first-order chi connectivity index (χ1) is 11.1.